The van der Waals surface area contributed by atoms with Gasteiger partial charge in [-0.15, -0.1) is 0 Å². The highest BCUT2D eigenvalue weighted by Gasteiger charge is 2.38. The second-order valence-electron chi connectivity index (χ2n) is 16.5. The number of allylic oxidation sites excluding steroid dienone is 2. The van der Waals surface area contributed by atoms with Crippen LogP contribution in [0.1, 0.15) is 153 Å². The van der Waals surface area contributed by atoms with E-state index in [0.717, 1.165) is 49.9 Å². The van der Waals surface area contributed by atoms with E-state index in [1.807, 2.05) is 60.7 Å². The van der Waals surface area contributed by atoms with Crippen LogP contribution in [0.5, 0.6) is 23.0 Å². The molecule has 0 aliphatic heterocycles. The molecule has 0 bridgehead atoms. The first-order valence-corrected chi connectivity index (χ1v) is 22.9. The average Bonchev–Trinajstić information content (AvgIpc) is 3.25. The van der Waals surface area contributed by atoms with Crippen molar-refractivity contribution in [3.05, 3.63) is 108 Å². The van der Waals surface area contributed by atoms with Crippen molar-refractivity contribution < 1.29 is 30.6 Å². The van der Waals surface area contributed by atoms with Crippen molar-refractivity contribution >= 4 is 33.9 Å². The van der Waals surface area contributed by atoms with Gasteiger partial charge in [0.25, 0.3) is 0 Å². The molecule has 0 amide bonds. The predicted octanol–water partition coefficient (Wildman–Crippen LogP) is 14.9. The van der Waals surface area contributed by atoms with Crippen LogP contribution in [0.3, 0.4) is 0 Å². The summed E-state index contributed by atoms with van der Waals surface area (Å²) in [6, 6.07) is 25.8. The Bertz CT molecular complexity index is 1780. The highest BCUT2D eigenvalue weighted by molar-refractivity contribution is 6.10. The summed E-state index contributed by atoms with van der Waals surface area (Å²) in [5.41, 5.74) is 2.39. The zero-order valence-corrected chi connectivity index (χ0v) is 36.2. The summed E-state index contributed by atoms with van der Waals surface area (Å²) in [4.78, 5) is 4.11. The van der Waals surface area contributed by atoms with Crippen LogP contribution < -0.4 is 9.80 Å². The van der Waals surface area contributed by atoms with Crippen molar-refractivity contribution in [1.82, 2.24) is 0 Å². The van der Waals surface area contributed by atoms with Crippen LogP contribution >= 0.6 is 0 Å². The second-order valence-corrected chi connectivity index (χ2v) is 16.5. The lowest BCUT2D eigenvalue weighted by Gasteiger charge is -2.29. The van der Waals surface area contributed by atoms with E-state index in [0.29, 0.717) is 24.5 Å². The van der Waals surface area contributed by atoms with Crippen molar-refractivity contribution in [3.8, 4) is 23.0 Å². The highest BCUT2D eigenvalue weighted by atomic mass is 16.3. The Morgan fingerprint density at radius 1 is 0.333 bits per heavy atom. The number of phenols is 4. The van der Waals surface area contributed by atoms with Gasteiger partial charge in [-0.05, 0) is 37.1 Å². The first-order chi connectivity index (χ1) is 29.3. The van der Waals surface area contributed by atoms with Crippen molar-refractivity contribution in [2.24, 2.45) is 0 Å². The molecule has 8 nitrogen and oxygen atoms in total. The van der Waals surface area contributed by atoms with Gasteiger partial charge < -0.3 is 40.4 Å². The predicted molar refractivity (Wildman–Crippen MR) is 249 cm³/mol. The minimum absolute atomic E-state index is 0.133. The van der Waals surface area contributed by atoms with Gasteiger partial charge in [-0.1, -0.05) is 166 Å². The molecule has 1 aliphatic carbocycles. The summed E-state index contributed by atoms with van der Waals surface area (Å²) in [6.07, 6.45) is 24.3. The SMILES string of the molecule is CCCCCCCCCCCCN(c1ccccc1)c1cc(O)c(C2=C(O)C(c3c(O)cc(N(CCCCCCCCCCCC)c4ccccc4)cc3O)=C2O)c(O)c1. The maximum absolute atomic E-state index is 11.4. The molecule has 0 radical (unpaired) electrons. The fraction of sp³-hybridized carbons (Fsp3) is 0.462. The molecule has 0 aromatic heterocycles. The minimum atomic E-state index is -0.459. The van der Waals surface area contributed by atoms with Crippen LogP contribution in [-0.2, 0) is 0 Å². The van der Waals surface area contributed by atoms with E-state index in [1.54, 1.807) is 0 Å². The topological polar surface area (TPSA) is 128 Å². The number of phenolic OH excluding ortho intramolecular Hbond substituents is 4. The van der Waals surface area contributed by atoms with Crippen LogP contribution in [0.15, 0.2) is 96.4 Å². The molecule has 0 atom stereocenters. The molecular weight excluding hydrogens is 749 g/mol. The number of anilines is 4. The van der Waals surface area contributed by atoms with Crippen LogP contribution in [0, 0.1) is 0 Å². The number of para-hydroxylation sites is 2. The molecule has 1 aliphatic rings. The van der Waals surface area contributed by atoms with E-state index in [-0.39, 0.29) is 45.3 Å². The first kappa shape index (κ1) is 45.8. The molecule has 0 fully saturated rings. The molecule has 0 heterocycles. The number of unbranched alkanes of at least 4 members (excludes halogenated alkanes) is 18. The van der Waals surface area contributed by atoms with Crippen molar-refractivity contribution in [3.63, 3.8) is 0 Å². The quantitative estimate of drug-likeness (QED) is 0.0313. The number of rotatable bonds is 28. The van der Waals surface area contributed by atoms with Gasteiger partial charge in [0.05, 0.1) is 22.3 Å². The molecule has 0 spiro atoms. The number of hydrogen-bond acceptors (Lipinski definition) is 8. The summed E-state index contributed by atoms with van der Waals surface area (Å²) in [5, 5.41) is 68.2. The lowest BCUT2D eigenvalue weighted by Crippen LogP contribution is -2.19. The van der Waals surface area contributed by atoms with Crippen LogP contribution in [0.2, 0.25) is 0 Å². The molecule has 8 heteroatoms. The lowest BCUT2D eigenvalue weighted by molar-refractivity contribution is 0.382. The summed E-state index contributed by atoms with van der Waals surface area (Å²) in [6.45, 7) is 5.84. The summed E-state index contributed by atoms with van der Waals surface area (Å²) < 4.78 is 0. The number of benzene rings is 4. The van der Waals surface area contributed by atoms with E-state index < -0.39 is 11.5 Å². The Balaban J connectivity index is 1.27. The zero-order valence-electron chi connectivity index (χ0n) is 36.2. The molecule has 5 rings (SSSR count). The monoisotopic (exact) mass is 819 g/mol. The van der Waals surface area contributed by atoms with Crippen LogP contribution in [0.25, 0.3) is 11.1 Å². The third-order valence-corrected chi connectivity index (χ3v) is 11.8. The molecule has 6 N–H and O–H groups in total. The Kier molecular flexibility index (Phi) is 18.4. The summed E-state index contributed by atoms with van der Waals surface area (Å²) in [7, 11) is 0. The van der Waals surface area contributed by atoms with E-state index in [2.05, 4.69) is 23.6 Å². The first-order valence-electron chi connectivity index (χ1n) is 22.9. The zero-order chi connectivity index (χ0) is 42.7. The number of aliphatic hydroxyl groups excluding tert-OH is 2. The maximum Gasteiger partial charge on any atom is 0.139 e. The number of nitrogens with zero attached hydrogens (tertiary/aromatic N) is 2. The molecule has 0 saturated heterocycles. The molecular formula is C52H70N2O6. The van der Waals surface area contributed by atoms with Crippen molar-refractivity contribution in [2.45, 2.75) is 142 Å². The lowest BCUT2D eigenvalue weighted by atomic mass is 9.83. The minimum Gasteiger partial charge on any atom is -0.507 e. The Morgan fingerprint density at radius 3 is 0.883 bits per heavy atom. The summed E-state index contributed by atoms with van der Waals surface area (Å²) >= 11 is 0. The van der Waals surface area contributed by atoms with Gasteiger partial charge in [0.15, 0.2) is 0 Å². The van der Waals surface area contributed by atoms with E-state index in [9.17, 15) is 30.6 Å². The molecule has 60 heavy (non-hydrogen) atoms. The fourth-order valence-corrected chi connectivity index (χ4v) is 8.45. The number of aromatic hydroxyl groups is 4. The third-order valence-electron chi connectivity index (χ3n) is 11.8. The third kappa shape index (κ3) is 12.4. The molecule has 0 unspecified atom stereocenters. The van der Waals surface area contributed by atoms with Gasteiger partial charge in [-0.2, -0.15) is 0 Å². The van der Waals surface area contributed by atoms with E-state index in [4.69, 9.17) is 0 Å². The smallest absolute Gasteiger partial charge is 0.139 e. The molecule has 324 valence electrons. The standard InChI is InChI=1S/C52H70N2O6/c1-3-5-7-9-11-13-15-17-19-27-33-53(39-29-23-21-24-30-39)41-35-43(55)47(44(56)36-41)49-51(59)50(52(49)60)48-45(57)37-42(38-46(48)58)54(40-31-25-22-26-32-40)34-28-20-18-16-14-12-10-8-6-4-2/h21-26,29-32,35-38,55-60H,3-20,27-28,33-34H2,1-2H3. The maximum atomic E-state index is 11.4. The molecule has 0 saturated carbocycles. The van der Waals surface area contributed by atoms with Gasteiger partial charge in [0, 0.05) is 60.1 Å². The molecule has 4 aromatic rings. The van der Waals surface area contributed by atoms with Gasteiger partial charge in [-0.25, -0.2) is 0 Å². The summed E-state index contributed by atoms with van der Waals surface area (Å²) in [5.74, 6) is -2.21. The number of hydrogen-bond donors (Lipinski definition) is 6. The number of aliphatic hydroxyl groups is 2. The van der Waals surface area contributed by atoms with Gasteiger partial charge in [0.2, 0.25) is 0 Å². The Labute approximate surface area is 359 Å². The Morgan fingerprint density at radius 2 is 0.600 bits per heavy atom. The second kappa shape index (κ2) is 24.1. The molecule has 4 aromatic carbocycles. The highest BCUT2D eigenvalue weighted by Crippen LogP contribution is 2.54. The average molecular weight is 819 g/mol. The normalized spacial score (nSPS) is 12.6. The largest absolute Gasteiger partial charge is 0.507 e. The Hall–Kier alpha value is -5.24. The van der Waals surface area contributed by atoms with Gasteiger partial charge in [0.1, 0.15) is 34.5 Å². The van der Waals surface area contributed by atoms with Crippen molar-refractivity contribution in [2.75, 3.05) is 22.9 Å². The van der Waals surface area contributed by atoms with Crippen molar-refractivity contribution in [1.29, 1.82) is 0 Å². The van der Waals surface area contributed by atoms with Gasteiger partial charge in [-0.3, -0.25) is 0 Å². The van der Waals surface area contributed by atoms with E-state index >= 15 is 0 Å². The van der Waals surface area contributed by atoms with Crippen LogP contribution in [0.4, 0.5) is 22.7 Å². The van der Waals surface area contributed by atoms with Gasteiger partial charge >= 0.3 is 0 Å². The fourth-order valence-electron chi connectivity index (χ4n) is 8.45. The van der Waals surface area contributed by atoms with Crippen LogP contribution in [-0.4, -0.2) is 43.7 Å². The van der Waals surface area contributed by atoms with E-state index in [1.165, 1.54) is 114 Å².